The van der Waals surface area contributed by atoms with Gasteiger partial charge in [-0.15, -0.1) is 10.2 Å². The lowest BCUT2D eigenvalue weighted by Crippen LogP contribution is -2.40. The SMILES string of the molecule is CCCCCN(CNC(=O)Nc1c(C(C)C)cccc1C(C)C)Cc1ccc(-c2ccccc2-c2nn[nH]n2)cc1. The number of nitrogens with zero attached hydrogens (tertiary/aromatic N) is 4. The number of carbonyl (C=O) groups excluding carboxylic acids is 1. The average Bonchev–Trinajstić information content (AvgIpc) is 3.51. The summed E-state index contributed by atoms with van der Waals surface area (Å²) in [6.45, 7) is 13.0. The third-order valence-corrected chi connectivity index (χ3v) is 7.34. The van der Waals surface area contributed by atoms with Gasteiger partial charge in [-0.3, -0.25) is 4.90 Å². The quantitative estimate of drug-likeness (QED) is 0.117. The molecule has 3 aromatic carbocycles. The Morgan fingerprint density at radius 3 is 2.17 bits per heavy atom. The highest BCUT2D eigenvalue weighted by molar-refractivity contribution is 5.91. The summed E-state index contributed by atoms with van der Waals surface area (Å²) in [4.78, 5) is 15.4. The van der Waals surface area contributed by atoms with Crippen LogP contribution in [0, 0.1) is 0 Å². The summed E-state index contributed by atoms with van der Waals surface area (Å²) in [6.07, 6.45) is 3.40. The molecule has 0 saturated heterocycles. The van der Waals surface area contributed by atoms with Crippen molar-refractivity contribution in [3.63, 3.8) is 0 Å². The molecule has 41 heavy (non-hydrogen) atoms. The number of amides is 2. The lowest BCUT2D eigenvalue weighted by atomic mass is 9.93. The number of benzene rings is 3. The van der Waals surface area contributed by atoms with Gasteiger partial charge in [0.15, 0.2) is 0 Å². The number of tetrazole rings is 1. The fourth-order valence-electron chi connectivity index (χ4n) is 5.09. The zero-order chi connectivity index (χ0) is 29.2. The van der Waals surface area contributed by atoms with Crippen LogP contribution in [-0.2, 0) is 6.54 Å². The molecule has 0 aliphatic carbocycles. The molecule has 4 aromatic rings. The van der Waals surface area contributed by atoms with E-state index in [1.165, 1.54) is 5.56 Å². The van der Waals surface area contributed by atoms with E-state index in [9.17, 15) is 4.79 Å². The predicted molar refractivity (Wildman–Crippen MR) is 167 cm³/mol. The number of rotatable bonds is 13. The van der Waals surface area contributed by atoms with E-state index in [0.717, 1.165) is 65.9 Å². The molecule has 0 aliphatic heterocycles. The Bertz CT molecular complexity index is 1350. The molecule has 0 aliphatic rings. The van der Waals surface area contributed by atoms with Crippen molar-refractivity contribution in [2.75, 3.05) is 18.5 Å². The first-order valence-corrected chi connectivity index (χ1v) is 14.7. The molecular weight excluding hydrogens is 510 g/mol. The van der Waals surface area contributed by atoms with Crippen molar-refractivity contribution >= 4 is 11.7 Å². The summed E-state index contributed by atoms with van der Waals surface area (Å²) < 4.78 is 0. The number of H-pyrrole nitrogens is 1. The van der Waals surface area contributed by atoms with E-state index < -0.39 is 0 Å². The van der Waals surface area contributed by atoms with Crippen LogP contribution in [0.3, 0.4) is 0 Å². The van der Waals surface area contributed by atoms with E-state index in [1.54, 1.807) is 0 Å². The molecule has 0 radical (unpaired) electrons. The third kappa shape index (κ3) is 8.01. The molecule has 0 fully saturated rings. The largest absolute Gasteiger partial charge is 0.325 e. The second kappa shape index (κ2) is 14.6. The molecule has 8 heteroatoms. The molecule has 4 rings (SSSR count). The number of urea groups is 1. The Morgan fingerprint density at radius 2 is 1.56 bits per heavy atom. The summed E-state index contributed by atoms with van der Waals surface area (Å²) >= 11 is 0. The van der Waals surface area contributed by atoms with Gasteiger partial charge < -0.3 is 10.6 Å². The highest BCUT2D eigenvalue weighted by Crippen LogP contribution is 2.32. The van der Waals surface area contributed by atoms with Gasteiger partial charge in [0, 0.05) is 24.3 Å². The Labute approximate surface area is 244 Å². The molecule has 0 unspecified atom stereocenters. The first-order valence-electron chi connectivity index (χ1n) is 14.7. The Kier molecular flexibility index (Phi) is 10.6. The average molecular weight is 554 g/mol. The highest BCUT2D eigenvalue weighted by Gasteiger charge is 2.17. The summed E-state index contributed by atoms with van der Waals surface area (Å²) in [5, 5.41) is 20.9. The van der Waals surface area contributed by atoms with Crippen molar-refractivity contribution in [1.29, 1.82) is 0 Å². The van der Waals surface area contributed by atoms with Crippen LogP contribution in [0.1, 0.15) is 82.4 Å². The van der Waals surface area contributed by atoms with Gasteiger partial charge in [-0.05, 0) is 51.3 Å². The van der Waals surface area contributed by atoms with Crippen molar-refractivity contribution in [2.24, 2.45) is 0 Å². The second-order valence-electron chi connectivity index (χ2n) is 11.1. The van der Waals surface area contributed by atoms with Gasteiger partial charge in [-0.2, -0.15) is 5.21 Å². The molecule has 0 atom stereocenters. The fraction of sp³-hybridized carbons (Fsp3) is 0.394. The molecule has 1 heterocycles. The van der Waals surface area contributed by atoms with Crippen LogP contribution < -0.4 is 10.6 Å². The third-order valence-electron chi connectivity index (χ3n) is 7.34. The number of aromatic nitrogens is 4. The molecule has 216 valence electrons. The number of aromatic amines is 1. The molecule has 1 aromatic heterocycles. The fourth-order valence-corrected chi connectivity index (χ4v) is 5.09. The maximum Gasteiger partial charge on any atom is 0.320 e. The van der Waals surface area contributed by atoms with Gasteiger partial charge in [-0.25, -0.2) is 4.79 Å². The molecule has 2 amide bonds. The summed E-state index contributed by atoms with van der Waals surface area (Å²) in [5.74, 6) is 1.21. The predicted octanol–water partition coefficient (Wildman–Crippen LogP) is 7.55. The summed E-state index contributed by atoms with van der Waals surface area (Å²) in [5.41, 5.74) is 7.53. The normalized spacial score (nSPS) is 11.4. The summed E-state index contributed by atoms with van der Waals surface area (Å²) in [6, 6.07) is 22.8. The lowest BCUT2D eigenvalue weighted by Gasteiger charge is -2.24. The van der Waals surface area contributed by atoms with Crippen molar-refractivity contribution in [3.8, 4) is 22.5 Å². The van der Waals surface area contributed by atoms with Crippen LogP contribution in [0.25, 0.3) is 22.5 Å². The van der Waals surface area contributed by atoms with E-state index in [-0.39, 0.29) is 6.03 Å². The maximum absolute atomic E-state index is 13.1. The van der Waals surface area contributed by atoms with Crippen LogP contribution in [0.2, 0.25) is 0 Å². The van der Waals surface area contributed by atoms with E-state index in [1.807, 2.05) is 18.2 Å². The topological polar surface area (TPSA) is 98.8 Å². The minimum absolute atomic E-state index is 0.172. The molecule has 0 bridgehead atoms. The highest BCUT2D eigenvalue weighted by atomic mass is 16.2. The van der Waals surface area contributed by atoms with E-state index in [4.69, 9.17) is 0 Å². The van der Waals surface area contributed by atoms with Crippen molar-refractivity contribution in [1.82, 2.24) is 30.8 Å². The van der Waals surface area contributed by atoms with Crippen LogP contribution >= 0.6 is 0 Å². The van der Waals surface area contributed by atoms with Crippen LogP contribution in [-0.4, -0.2) is 44.8 Å². The van der Waals surface area contributed by atoms with Gasteiger partial charge in [0.1, 0.15) is 0 Å². The smallest absolute Gasteiger partial charge is 0.320 e. The lowest BCUT2D eigenvalue weighted by molar-refractivity contribution is 0.222. The minimum atomic E-state index is -0.172. The van der Waals surface area contributed by atoms with Crippen molar-refractivity contribution in [3.05, 3.63) is 83.4 Å². The van der Waals surface area contributed by atoms with Gasteiger partial charge in [0.05, 0.1) is 6.67 Å². The number of hydrogen-bond acceptors (Lipinski definition) is 5. The van der Waals surface area contributed by atoms with E-state index in [0.29, 0.717) is 24.3 Å². The summed E-state index contributed by atoms with van der Waals surface area (Å²) in [7, 11) is 0. The van der Waals surface area contributed by atoms with Crippen molar-refractivity contribution < 1.29 is 4.79 Å². The number of hydrogen-bond donors (Lipinski definition) is 3. The Morgan fingerprint density at radius 1 is 0.878 bits per heavy atom. The first kappa shape index (κ1) is 29.9. The van der Waals surface area contributed by atoms with E-state index >= 15 is 0 Å². The molecule has 0 spiro atoms. The maximum atomic E-state index is 13.1. The zero-order valence-electron chi connectivity index (χ0n) is 24.9. The van der Waals surface area contributed by atoms with Gasteiger partial charge >= 0.3 is 6.03 Å². The molecule has 3 N–H and O–H groups in total. The second-order valence-corrected chi connectivity index (χ2v) is 11.1. The minimum Gasteiger partial charge on any atom is -0.325 e. The first-order chi connectivity index (χ1) is 19.9. The van der Waals surface area contributed by atoms with E-state index in [2.05, 4.69) is 119 Å². The molecule has 0 saturated carbocycles. The van der Waals surface area contributed by atoms with Crippen LogP contribution in [0.4, 0.5) is 10.5 Å². The number of para-hydroxylation sites is 1. The number of anilines is 1. The van der Waals surface area contributed by atoms with Gasteiger partial charge in [-0.1, -0.05) is 114 Å². The van der Waals surface area contributed by atoms with Crippen molar-refractivity contribution in [2.45, 2.75) is 72.3 Å². The number of unbranched alkanes of at least 4 members (excludes halogenated alkanes) is 2. The Balaban J connectivity index is 1.44. The van der Waals surface area contributed by atoms with Gasteiger partial charge in [0.25, 0.3) is 0 Å². The monoisotopic (exact) mass is 553 g/mol. The number of nitrogens with one attached hydrogen (secondary N) is 3. The van der Waals surface area contributed by atoms with Crippen LogP contribution in [0.5, 0.6) is 0 Å². The van der Waals surface area contributed by atoms with Gasteiger partial charge in [0.2, 0.25) is 5.82 Å². The van der Waals surface area contributed by atoms with Crippen LogP contribution in [0.15, 0.2) is 66.7 Å². The standard InChI is InChI=1S/C33H43N7O/c1-6-7-10-20-40(22-34-33(41)35-31-27(23(2)3)14-11-15-28(31)24(4)5)21-25-16-18-26(19-17-25)29-12-8-9-13-30(29)32-36-38-39-37-32/h8-9,11-19,23-24H,6-7,10,20-22H2,1-5H3,(H2,34,35,41)(H,36,37,38,39). The molecular formula is C33H43N7O. The Hall–Kier alpha value is -4.04. The number of carbonyl (C=O) groups is 1. The zero-order valence-corrected chi connectivity index (χ0v) is 24.9. The molecule has 8 nitrogen and oxygen atoms in total.